The van der Waals surface area contributed by atoms with Gasteiger partial charge >= 0.3 is 0 Å². The Morgan fingerprint density at radius 3 is 2.65 bits per heavy atom. The van der Waals surface area contributed by atoms with Crippen LogP contribution >= 0.6 is 0 Å². The van der Waals surface area contributed by atoms with Gasteiger partial charge in [0.15, 0.2) is 0 Å². The van der Waals surface area contributed by atoms with E-state index in [1.54, 1.807) is 11.0 Å². The fourth-order valence-electron chi connectivity index (χ4n) is 2.02. The number of hydrogen-bond donors (Lipinski definition) is 1. The summed E-state index contributed by atoms with van der Waals surface area (Å²) in [6, 6.07) is 5.45. The number of pyridine rings is 1. The summed E-state index contributed by atoms with van der Waals surface area (Å²) in [5.41, 5.74) is 0.711. The van der Waals surface area contributed by atoms with Gasteiger partial charge in [-0.2, -0.15) is 0 Å². The van der Waals surface area contributed by atoms with Crippen molar-refractivity contribution in [3.63, 3.8) is 0 Å². The second-order valence-corrected chi connectivity index (χ2v) is 4.95. The Kier molecular flexibility index (Phi) is 3.15. The highest BCUT2D eigenvalue weighted by Gasteiger charge is 2.30. The third-order valence-corrected chi connectivity index (χ3v) is 3.24. The highest BCUT2D eigenvalue weighted by molar-refractivity contribution is 5.92. The second kappa shape index (κ2) is 4.45. The van der Waals surface area contributed by atoms with Crippen LogP contribution in [0.4, 0.5) is 0 Å². The van der Waals surface area contributed by atoms with Crippen LogP contribution < -0.4 is 0 Å². The summed E-state index contributed by atoms with van der Waals surface area (Å²) in [6.45, 7) is 4.89. The molecule has 2 heterocycles. The van der Waals surface area contributed by atoms with Crippen LogP contribution in [0.5, 0.6) is 0 Å². The van der Waals surface area contributed by atoms with E-state index in [2.05, 4.69) is 4.98 Å². The minimum atomic E-state index is -0.628. The summed E-state index contributed by atoms with van der Waals surface area (Å²) in [6.07, 6.45) is 1.26. The first-order chi connectivity index (χ1) is 7.98. The standard InChI is InChI=1S/C13H18N2O2/c1-10-4-3-5-11(14-10)12(16)15-8-6-13(2,17)7-9-15/h3-5,17H,6-9H2,1-2H3. The molecule has 4 heteroatoms. The van der Waals surface area contributed by atoms with Crippen LogP contribution in [0, 0.1) is 6.92 Å². The minimum absolute atomic E-state index is 0.0378. The molecule has 0 spiro atoms. The van der Waals surface area contributed by atoms with E-state index in [-0.39, 0.29) is 5.91 Å². The molecule has 2 rings (SSSR count). The molecule has 92 valence electrons. The molecule has 0 saturated carbocycles. The number of amides is 1. The van der Waals surface area contributed by atoms with E-state index in [0.717, 1.165) is 5.69 Å². The first-order valence-corrected chi connectivity index (χ1v) is 5.93. The normalized spacial score (nSPS) is 19.1. The lowest BCUT2D eigenvalue weighted by molar-refractivity contribution is -0.00220. The van der Waals surface area contributed by atoms with Gasteiger partial charge < -0.3 is 10.0 Å². The molecule has 1 aromatic heterocycles. The van der Waals surface area contributed by atoms with Gasteiger partial charge in [0, 0.05) is 18.8 Å². The Morgan fingerprint density at radius 1 is 1.41 bits per heavy atom. The number of aromatic nitrogens is 1. The SMILES string of the molecule is Cc1cccc(C(=O)N2CCC(C)(O)CC2)n1. The third-order valence-electron chi connectivity index (χ3n) is 3.24. The van der Waals surface area contributed by atoms with Crippen molar-refractivity contribution < 1.29 is 9.90 Å². The van der Waals surface area contributed by atoms with Crippen LogP contribution in [0.25, 0.3) is 0 Å². The molecule has 4 nitrogen and oxygen atoms in total. The molecular formula is C13H18N2O2. The van der Waals surface area contributed by atoms with E-state index in [1.165, 1.54) is 0 Å². The van der Waals surface area contributed by atoms with Crippen molar-refractivity contribution in [3.8, 4) is 0 Å². The van der Waals surface area contributed by atoms with Crippen molar-refractivity contribution in [2.24, 2.45) is 0 Å². The molecule has 1 saturated heterocycles. The number of aryl methyl sites for hydroxylation is 1. The Balaban J connectivity index is 2.07. The fourth-order valence-corrected chi connectivity index (χ4v) is 2.02. The topological polar surface area (TPSA) is 53.4 Å². The van der Waals surface area contributed by atoms with Crippen molar-refractivity contribution >= 4 is 5.91 Å². The summed E-state index contributed by atoms with van der Waals surface area (Å²) in [7, 11) is 0. The average Bonchev–Trinajstić information content (AvgIpc) is 2.28. The molecule has 0 aromatic carbocycles. The zero-order valence-electron chi connectivity index (χ0n) is 10.3. The van der Waals surface area contributed by atoms with Gasteiger partial charge in [-0.1, -0.05) is 6.07 Å². The third kappa shape index (κ3) is 2.82. The maximum Gasteiger partial charge on any atom is 0.272 e. The zero-order chi connectivity index (χ0) is 12.5. The van der Waals surface area contributed by atoms with E-state index in [4.69, 9.17) is 0 Å². The first-order valence-electron chi connectivity index (χ1n) is 5.93. The van der Waals surface area contributed by atoms with Crippen LogP contribution in [0.1, 0.15) is 35.9 Å². The number of hydrogen-bond acceptors (Lipinski definition) is 3. The average molecular weight is 234 g/mol. The lowest BCUT2D eigenvalue weighted by atomic mass is 9.94. The lowest BCUT2D eigenvalue weighted by Gasteiger charge is -2.35. The minimum Gasteiger partial charge on any atom is -0.390 e. The molecule has 1 aromatic rings. The zero-order valence-corrected chi connectivity index (χ0v) is 10.3. The van der Waals surface area contributed by atoms with Crippen LogP contribution in [0.3, 0.4) is 0 Å². The molecule has 1 aliphatic rings. The monoisotopic (exact) mass is 234 g/mol. The van der Waals surface area contributed by atoms with Crippen molar-refractivity contribution in [1.29, 1.82) is 0 Å². The van der Waals surface area contributed by atoms with Crippen LogP contribution in [0.2, 0.25) is 0 Å². The van der Waals surface area contributed by atoms with Crippen LogP contribution in [0.15, 0.2) is 18.2 Å². The summed E-state index contributed by atoms with van der Waals surface area (Å²) >= 11 is 0. The van der Waals surface area contributed by atoms with Crippen molar-refractivity contribution in [3.05, 3.63) is 29.6 Å². The molecule has 0 bridgehead atoms. The number of aliphatic hydroxyl groups is 1. The van der Waals surface area contributed by atoms with Crippen LogP contribution in [-0.2, 0) is 0 Å². The highest BCUT2D eigenvalue weighted by Crippen LogP contribution is 2.22. The van der Waals surface area contributed by atoms with E-state index in [1.807, 2.05) is 26.0 Å². The Morgan fingerprint density at radius 2 is 2.06 bits per heavy atom. The van der Waals surface area contributed by atoms with Crippen molar-refractivity contribution in [1.82, 2.24) is 9.88 Å². The summed E-state index contributed by atoms with van der Waals surface area (Å²) in [5, 5.41) is 9.84. The molecule has 0 radical (unpaired) electrons. The molecule has 0 atom stereocenters. The molecule has 1 amide bonds. The Hall–Kier alpha value is -1.42. The molecule has 0 aliphatic carbocycles. The van der Waals surface area contributed by atoms with E-state index < -0.39 is 5.60 Å². The van der Waals surface area contributed by atoms with Gasteiger partial charge in [0.1, 0.15) is 5.69 Å². The smallest absolute Gasteiger partial charge is 0.272 e. The maximum absolute atomic E-state index is 12.1. The number of piperidine rings is 1. The summed E-state index contributed by atoms with van der Waals surface area (Å²) < 4.78 is 0. The van der Waals surface area contributed by atoms with Gasteiger partial charge in [0.05, 0.1) is 5.60 Å². The Labute approximate surface area is 101 Å². The molecular weight excluding hydrogens is 216 g/mol. The summed E-state index contributed by atoms with van der Waals surface area (Å²) in [4.78, 5) is 18.1. The number of likely N-dealkylation sites (tertiary alicyclic amines) is 1. The van der Waals surface area contributed by atoms with Gasteiger partial charge in [-0.05, 0) is 38.8 Å². The Bertz CT molecular complexity index is 419. The van der Waals surface area contributed by atoms with E-state index >= 15 is 0 Å². The fraction of sp³-hybridized carbons (Fsp3) is 0.538. The van der Waals surface area contributed by atoms with E-state index in [0.29, 0.717) is 31.6 Å². The number of carbonyl (C=O) groups is 1. The predicted octanol–water partition coefficient (Wildman–Crippen LogP) is 1.38. The van der Waals surface area contributed by atoms with Crippen molar-refractivity contribution in [2.75, 3.05) is 13.1 Å². The molecule has 0 unspecified atom stereocenters. The second-order valence-electron chi connectivity index (χ2n) is 4.95. The van der Waals surface area contributed by atoms with Gasteiger partial charge in [-0.3, -0.25) is 4.79 Å². The molecule has 1 aliphatic heterocycles. The van der Waals surface area contributed by atoms with Gasteiger partial charge in [-0.25, -0.2) is 4.98 Å². The summed E-state index contributed by atoms with van der Waals surface area (Å²) in [5.74, 6) is -0.0378. The number of nitrogens with zero attached hydrogens (tertiary/aromatic N) is 2. The largest absolute Gasteiger partial charge is 0.390 e. The number of rotatable bonds is 1. The quantitative estimate of drug-likeness (QED) is 0.798. The molecule has 1 fully saturated rings. The predicted molar refractivity (Wildman–Crippen MR) is 64.7 cm³/mol. The maximum atomic E-state index is 12.1. The van der Waals surface area contributed by atoms with Crippen LogP contribution in [-0.4, -0.2) is 39.6 Å². The highest BCUT2D eigenvalue weighted by atomic mass is 16.3. The van der Waals surface area contributed by atoms with Gasteiger partial charge in [-0.15, -0.1) is 0 Å². The van der Waals surface area contributed by atoms with Gasteiger partial charge in [0.2, 0.25) is 0 Å². The first kappa shape index (κ1) is 12.0. The van der Waals surface area contributed by atoms with Gasteiger partial charge in [0.25, 0.3) is 5.91 Å². The number of carbonyl (C=O) groups excluding carboxylic acids is 1. The molecule has 17 heavy (non-hydrogen) atoms. The van der Waals surface area contributed by atoms with E-state index in [9.17, 15) is 9.90 Å². The lowest BCUT2D eigenvalue weighted by Crippen LogP contribution is -2.45. The molecule has 1 N–H and O–H groups in total. The van der Waals surface area contributed by atoms with Crippen molar-refractivity contribution in [2.45, 2.75) is 32.3 Å².